The van der Waals surface area contributed by atoms with Gasteiger partial charge in [0.15, 0.2) is 5.78 Å². The highest BCUT2D eigenvalue weighted by atomic mass is 16.4. The van der Waals surface area contributed by atoms with Gasteiger partial charge in [-0.25, -0.2) is 14.5 Å². The average Bonchev–Trinajstić information content (AvgIpc) is 2.18. The highest BCUT2D eigenvalue weighted by molar-refractivity contribution is 5.96. The number of amides is 2. The summed E-state index contributed by atoms with van der Waals surface area (Å²) in [6, 6.07) is 0. The minimum absolute atomic E-state index is 0.0286. The van der Waals surface area contributed by atoms with Gasteiger partial charge in [0.25, 0.3) is 0 Å². The zero-order valence-corrected chi connectivity index (χ0v) is 14.3. The summed E-state index contributed by atoms with van der Waals surface area (Å²) >= 11 is 0. The van der Waals surface area contributed by atoms with Crippen molar-refractivity contribution in [1.29, 1.82) is 0 Å². The van der Waals surface area contributed by atoms with Gasteiger partial charge in [0.05, 0.1) is 6.54 Å². The van der Waals surface area contributed by atoms with Crippen LogP contribution >= 0.6 is 0 Å². The summed E-state index contributed by atoms with van der Waals surface area (Å²) < 4.78 is 0. The quantitative estimate of drug-likeness (QED) is 0.734. The number of imide groups is 1. The van der Waals surface area contributed by atoms with Crippen molar-refractivity contribution >= 4 is 18.0 Å². The lowest BCUT2D eigenvalue weighted by Crippen LogP contribution is -2.57. The first kappa shape index (κ1) is 20.4. The van der Waals surface area contributed by atoms with E-state index >= 15 is 0 Å². The SMILES string of the molecule is CC(C)(C)C(C(C)(C)C)C(C)(O)C(=O)CN(C(=O)O)C(=O)O. The van der Waals surface area contributed by atoms with Crippen LogP contribution < -0.4 is 0 Å². The Balaban J connectivity index is 5.64. The van der Waals surface area contributed by atoms with Gasteiger partial charge in [-0.15, -0.1) is 0 Å². The van der Waals surface area contributed by atoms with Gasteiger partial charge in [0.2, 0.25) is 0 Å². The minimum Gasteiger partial charge on any atom is -0.465 e. The minimum atomic E-state index is -1.86. The van der Waals surface area contributed by atoms with Crippen LogP contribution in [0.25, 0.3) is 0 Å². The van der Waals surface area contributed by atoms with E-state index in [-0.39, 0.29) is 4.90 Å². The summed E-state index contributed by atoms with van der Waals surface area (Å²) in [6.07, 6.45) is -3.50. The molecule has 0 spiro atoms. The molecule has 0 radical (unpaired) electrons. The van der Waals surface area contributed by atoms with Gasteiger partial charge in [-0.2, -0.15) is 0 Å². The summed E-state index contributed by atoms with van der Waals surface area (Å²) in [5.41, 5.74) is -2.76. The number of carboxylic acid groups (broad SMARTS) is 2. The number of Topliss-reactive ketones (excluding diaryl/α,β-unsaturated/α-hetero) is 1. The Morgan fingerprint density at radius 2 is 1.18 bits per heavy atom. The number of carbonyl (C=O) groups excluding carboxylic acids is 1. The van der Waals surface area contributed by atoms with E-state index in [1.807, 2.05) is 41.5 Å². The number of hydrogen-bond acceptors (Lipinski definition) is 4. The topological polar surface area (TPSA) is 115 Å². The predicted molar refractivity (Wildman–Crippen MR) is 80.8 cm³/mol. The highest BCUT2D eigenvalue weighted by Gasteiger charge is 2.51. The van der Waals surface area contributed by atoms with Gasteiger partial charge in [-0.05, 0) is 17.8 Å². The molecule has 0 aliphatic carbocycles. The van der Waals surface area contributed by atoms with E-state index in [1.54, 1.807) is 0 Å². The molecule has 1 atom stereocenters. The lowest BCUT2D eigenvalue weighted by atomic mass is 9.58. The molecular weight excluding hydrogens is 290 g/mol. The van der Waals surface area contributed by atoms with Gasteiger partial charge in [-0.1, -0.05) is 41.5 Å². The summed E-state index contributed by atoms with van der Waals surface area (Å²) in [5.74, 6) is -1.35. The molecule has 128 valence electrons. The van der Waals surface area contributed by atoms with E-state index in [0.717, 1.165) is 0 Å². The molecule has 0 saturated heterocycles. The molecule has 7 nitrogen and oxygen atoms in total. The van der Waals surface area contributed by atoms with Crippen LogP contribution in [0, 0.1) is 16.7 Å². The first-order valence-electron chi connectivity index (χ1n) is 7.02. The molecule has 0 aliphatic heterocycles. The molecule has 0 aromatic carbocycles. The predicted octanol–water partition coefficient (Wildman–Crippen LogP) is 2.67. The van der Waals surface area contributed by atoms with Crippen molar-refractivity contribution in [2.45, 2.75) is 54.1 Å². The van der Waals surface area contributed by atoms with Crippen molar-refractivity contribution in [3.05, 3.63) is 0 Å². The van der Waals surface area contributed by atoms with Gasteiger partial charge >= 0.3 is 12.2 Å². The van der Waals surface area contributed by atoms with Crippen LogP contribution in [0.2, 0.25) is 0 Å². The van der Waals surface area contributed by atoms with Crippen LogP contribution in [0.1, 0.15) is 48.5 Å². The number of carbonyl (C=O) groups is 3. The molecular formula is C15H27NO6. The molecule has 0 heterocycles. The number of aliphatic hydroxyl groups is 1. The first-order valence-corrected chi connectivity index (χ1v) is 7.02. The highest BCUT2D eigenvalue weighted by Crippen LogP contribution is 2.46. The van der Waals surface area contributed by atoms with Gasteiger partial charge < -0.3 is 15.3 Å². The molecule has 1 unspecified atom stereocenters. The molecule has 0 saturated carbocycles. The molecule has 0 rings (SSSR count). The van der Waals surface area contributed by atoms with Gasteiger partial charge in [-0.3, -0.25) is 4.79 Å². The van der Waals surface area contributed by atoms with E-state index in [9.17, 15) is 19.5 Å². The van der Waals surface area contributed by atoms with Crippen molar-refractivity contribution in [2.24, 2.45) is 16.7 Å². The second-order valence-electron chi connectivity index (χ2n) is 7.89. The zero-order chi connectivity index (χ0) is 18.1. The van der Waals surface area contributed by atoms with Crippen LogP contribution in [0.3, 0.4) is 0 Å². The molecule has 7 heteroatoms. The van der Waals surface area contributed by atoms with Crippen molar-refractivity contribution in [1.82, 2.24) is 4.90 Å². The summed E-state index contributed by atoms with van der Waals surface area (Å²) in [7, 11) is 0. The standard InChI is InChI=1S/C15H27NO6/c1-13(2,3)10(14(4,5)6)15(7,22)9(17)8-16(11(18)19)12(20)21/h10,22H,8H2,1-7H3,(H,18,19)(H,20,21). The molecule has 0 aliphatic rings. The van der Waals surface area contributed by atoms with E-state index in [4.69, 9.17) is 10.2 Å². The van der Waals surface area contributed by atoms with Crippen LogP contribution in [-0.2, 0) is 4.79 Å². The van der Waals surface area contributed by atoms with E-state index in [1.165, 1.54) is 6.92 Å². The lowest BCUT2D eigenvalue weighted by Gasteiger charge is -2.48. The third-order valence-electron chi connectivity index (χ3n) is 3.62. The normalized spacial score (nSPS) is 15.3. The Morgan fingerprint density at radius 1 is 0.864 bits per heavy atom. The third kappa shape index (κ3) is 4.69. The van der Waals surface area contributed by atoms with Crippen LogP contribution in [-0.4, -0.2) is 50.3 Å². The maximum Gasteiger partial charge on any atom is 0.417 e. The fraction of sp³-hybridized carbons (Fsp3) is 0.800. The third-order valence-corrected chi connectivity index (χ3v) is 3.62. The lowest BCUT2D eigenvalue weighted by molar-refractivity contribution is -0.156. The molecule has 3 N–H and O–H groups in total. The number of ketones is 1. The molecule has 0 aromatic rings. The monoisotopic (exact) mass is 317 g/mol. The Bertz CT molecular complexity index is 428. The van der Waals surface area contributed by atoms with E-state index < -0.39 is 46.9 Å². The summed E-state index contributed by atoms with van der Waals surface area (Å²) in [4.78, 5) is 34.1. The van der Waals surface area contributed by atoms with Crippen molar-refractivity contribution in [3.8, 4) is 0 Å². The molecule has 0 fully saturated rings. The van der Waals surface area contributed by atoms with E-state index in [2.05, 4.69) is 0 Å². The van der Waals surface area contributed by atoms with Crippen LogP contribution in [0.5, 0.6) is 0 Å². The number of rotatable bonds is 4. The second-order valence-corrected chi connectivity index (χ2v) is 7.89. The maximum absolute atomic E-state index is 12.4. The Kier molecular flexibility index (Phi) is 5.78. The summed E-state index contributed by atoms with van der Waals surface area (Å²) in [6.45, 7) is 11.6. The van der Waals surface area contributed by atoms with Crippen molar-refractivity contribution in [2.75, 3.05) is 6.54 Å². The molecule has 0 aromatic heterocycles. The molecule has 2 amide bonds. The maximum atomic E-state index is 12.4. The average molecular weight is 317 g/mol. The Morgan fingerprint density at radius 3 is 1.41 bits per heavy atom. The number of hydrogen-bond donors (Lipinski definition) is 3. The van der Waals surface area contributed by atoms with Gasteiger partial charge in [0.1, 0.15) is 5.60 Å². The number of nitrogens with zero attached hydrogens (tertiary/aromatic N) is 1. The Hall–Kier alpha value is -1.63. The van der Waals surface area contributed by atoms with Crippen LogP contribution in [0.4, 0.5) is 9.59 Å². The van der Waals surface area contributed by atoms with E-state index in [0.29, 0.717) is 0 Å². The molecule has 22 heavy (non-hydrogen) atoms. The fourth-order valence-electron chi connectivity index (χ4n) is 3.67. The molecule has 0 bridgehead atoms. The van der Waals surface area contributed by atoms with Crippen LogP contribution in [0.15, 0.2) is 0 Å². The Labute approximate surface area is 130 Å². The van der Waals surface area contributed by atoms with Crippen molar-refractivity contribution < 1.29 is 29.7 Å². The largest absolute Gasteiger partial charge is 0.465 e. The smallest absolute Gasteiger partial charge is 0.417 e. The zero-order valence-electron chi connectivity index (χ0n) is 14.3. The summed E-state index contributed by atoms with van der Waals surface area (Å²) in [5, 5.41) is 28.4. The second kappa shape index (κ2) is 6.24. The first-order chi connectivity index (χ1) is 9.52. The fourth-order valence-corrected chi connectivity index (χ4v) is 3.67. The van der Waals surface area contributed by atoms with Gasteiger partial charge in [0, 0.05) is 5.92 Å². The van der Waals surface area contributed by atoms with Crippen molar-refractivity contribution in [3.63, 3.8) is 0 Å².